The summed E-state index contributed by atoms with van der Waals surface area (Å²) in [7, 11) is 0. The zero-order valence-electron chi connectivity index (χ0n) is 18.6. The van der Waals surface area contributed by atoms with Crippen LogP contribution in [0.15, 0.2) is 48.0 Å². The number of hydrogen-bond donors (Lipinski definition) is 1. The van der Waals surface area contributed by atoms with E-state index in [4.69, 9.17) is 21.1 Å². The van der Waals surface area contributed by atoms with Crippen LogP contribution in [0.5, 0.6) is 11.5 Å². The van der Waals surface area contributed by atoms with E-state index < -0.39 is 17.7 Å². The standard InChI is InChI=1S/C25H28ClNO5/c1-4-7-14-27-22(16-8-10-17(11-9-16)31-5-2)21(24(29)25(27)30)23(28)19-15-18(32-6-3)12-13-20(19)26/h8-13,15,22,28H,4-7,14H2,1-3H3/b23-21+. The minimum Gasteiger partial charge on any atom is -0.507 e. The third kappa shape index (κ3) is 4.75. The number of benzene rings is 2. The highest BCUT2D eigenvalue weighted by molar-refractivity contribution is 6.47. The lowest BCUT2D eigenvalue weighted by molar-refractivity contribution is -0.139. The third-order valence-corrected chi connectivity index (χ3v) is 5.63. The molecule has 1 atom stereocenters. The quantitative estimate of drug-likeness (QED) is 0.311. The van der Waals surface area contributed by atoms with Gasteiger partial charge in [0.25, 0.3) is 11.7 Å². The van der Waals surface area contributed by atoms with Gasteiger partial charge in [-0.25, -0.2) is 0 Å². The highest BCUT2D eigenvalue weighted by Gasteiger charge is 2.45. The molecule has 1 fully saturated rings. The molecule has 0 saturated carbocycles. The van der Waals surface area contributed by atoms with E-state index in [1.165, 1.54) is 4.90 Å². The van der Waals surface area contributed by atoms with Crippen LogP contribution in [0, 0.1) is 0 Å². The van der Waals surface area contributed by atoms with Gasteiger partial charge in [0, 0.05) is 12.1 Å². The number of rotatable bonds is 9. The molecule has 0 spiro atoms. The Morgan fingerprint density at radius 2 is 1.62 bits per heavy atom. The van der Waals surface area contributed by atoms with E-state index in [0.29, 0.717) is 36.8 Å². The van der Waals surface area contributed by atoms with Crippen molar-refractivity contribution in [3.05, 3.63) is 64.2 Å². The second-order valence-corrected chi connectivity index (χ2v) is 7.83. The van der Waals surface area contributed by atoms with Crippen molar-refractivity contribution in [3.8, 4) is 11.5 Å². The van der Waals surface area contributed by atoms with Crippen molar-refractivity contribution in [2.75, 3.05) is 19.8 Å². The van der Waals surface area contributed by atoms with Gasteiger partial charge in [-0.3, -0.25) is 9.59 Å². The summed E-state index contributed by atoms with van der Waals surface area (Å²) in [6.07, 6.45) is 1.60. The predicted molar refractivity (Wildman–Crippen MR) is 124 cm³/mol. The van der Waals surface area contributed by atoms with Gasteiger partial charge in [0.2, 0.25) is 0 Å². The molecule has 2 aromatic carbocycles. The third-order valence-electron chi connectivity index (χ3n) is 5.30. The van der Waals surface area contributed by atoms with Crippen molar-refractivity contribution < 1.29 is 24.2 Å². The van der Waals surface area contributed by atoms with Gasteiger partial charge in [0.05, 0.1) is 29.9 Å². The summed E-state index contributed by atoms with van der Waals surface area (Å²) in [5, 5.41) is 11.5. The molecule has 32 heavy (non-hydrogen) atoms. The molecule has 3 rings (SSSR count). The van der Waals surface area contributed by atoms with E-state index in [9.17, 15) is 14.7 Å². The fourth-order valence-electron chi connectivity index (χ4n) is 3.79. The number of ether oxygens (including phenoxy) is 2. The number of ketones is 1. The maximum atomic E-state index is 13.1. The van der Waals surface area contributed by atoms with Gasteiger partial charge in [0.1, 0.15) is 17.3 Å². The van der Waals surface area contributed by atoms with E-state index in [0.717, 1.165) is 12.8 Å². The molecule has 1 aliphatic rings. The molecule has 7 heteroatoms. The number of halogens is 1. The molecule has 1 aliphatic heterocycles. The highest BCUT2D eigenvalue weighted by atomic mass is 35.5. The van der Waals surface area contributed by atoms with Gasteiger partial charge in [-0.15, -0.1) is 0 Å². The van der Waals surface area contributed by atoms with Crippen LogP contribution in [0.1, 0.15) is 50.8 Å². The number of amides is 1. The molecule has 0 bridgehead atoms. The van der Waals surface area contributed by atoms with Crippen LogP contribution >= 0.6 is 11.6 Å². The molecule has 0 radical (unpaired) electrons. The summed E-state index contributed by atoms with van der Waals surface area (Å²) in [6.45, 7) is 7.13. The number of likely N-dealkylation sites (tertiary alicyclic amines) is 1. The average Bonchev–Trinajstić information content (AvgIpc) is 3.04. The van der Waals surface area contributed by atoms with Crippen molar-refractivity contribution in [1.82, 2.24) is 4.90 Å². The Bertz CT molecular complexity index is 1020. The maximum absolute atomic E-state index is 13.1. The molecule has 1 amide bonds. The maximum Gasteiger partial charge on any atom is 0.295 e. The zero-order valence-corrected chi connectivity index (χ0v) is 19.3. The number of hydrogen-bond acceptors (Lipinski definition) is 5. The van der Waals surface area contributed by atoms with Gasteiger partial charge in [-0.1, -0.05) is 37.1 Å². The molecule has 1 saturated heterocycles. The van der Waals surface area contributed by atoms with Crippen LogP contribution < -0.4 is 9.47 Å². The summed E-state index contributed by atoms with van der Waals surface area (Å²) in [4.78, 5) is 27.5. The van der Waals surface area contributed by atoms with Gasteiger partial charge in [-0.05, 0) is 56.2 Å². The van der Waals surface area contributed by atoms with Gasteiger partial charge in [0.15, 0.2) is 0 Å². The second-order valence-electron chi connectivity index (χ2n) is 7.42. The van der Waals surface area contributed by atoms with Gasteiger partial charge < -0.3 is 19.5 Å². The largest absolute Gasteiger partial charge is 0.507 e. The van der Waals surface area contributed by atoms with E-state index in [2.05, 4.69) is 0 Å². The molecule has 1 unspecified atom stereocenters. The average molecular weight is 458 g/mol. The van der Waals surface area contributed by atoms with Crippen LogP contribution in [0.2, 0.25) is 5.02 Å². The van der Waals surface area contributed by atoms with Crippen molar-refractivity contribution in [2.45, 2.75) is 39.7 Å². The molecule has 2 aromatic rings. The molecule has 1 N–H and O–H groups in total. The van der Waals surface area contributed by atoms with Crippen molar-refractivity contribution in [3.63, 3.8) is 0 Å². The first kappa shape index (κ1) is 23.7. The molecular weight excluding hydrogens is 430 g/mol. The predicted octanol–water partition coefficient (Wildman–Crippen LogP) is 5.36. The van der Waals surface area contributed by atoms with Crippen molar-refractivity contribution in [1.29, 1.82) is 0 Å². The summed E-state index contributed by atoms with van der Waals surface area (Å²) in [5.74, 6) is -0.468. The molecule has 1 heterocycles. The SMILES string of the molecule is CCCCN1C(=O)C(=O)/C(=C(/O)c2cc(OCC)ccc2Cl)C1c1ccc(OCC)cc1. The molecule has 0 aliphatic carbocycles. The van der Waals surface area contributed by atoms with Gasteiger partial charge in [-0.2, -0.15) is 0 Å². The van der Waals surface area contributed by atoms with E-state index in [1.807, 2.05) is 32.9 Å². The summed E-state index contributed by atoms with van der Waals surface area (Å²) in [6, 6.07) is 11.4. The number of carbonyl (C=O) groups excluding carboxylic acids is 2. The molecule has 6 nitrogen and oxygen atoms in total. The number of nitrogens with zero attached hydrogens (tertiary/aromatic N) is 1. The van der Waals surface area contributed by atoms with Crippen molar-refractivity contribution >= 4 is 29.1 Å². The lowest BCUT2D eigenvalue weighted by atomic mass is 9.95. The fourth-order valence-corrected chi connectivity index (χ4v) is 3.99. The van der Waals surface area contributed by atoms with E-state index in [1.54, 1.807) is 30.3 Å². The normalized spacial score (nSPS) is 17.6. The number of aliphatic hydroxyl groups is 1. The van der Waals surface area contributed by atoms with Crippen LogP contribution in [-0.4, -0.2) is 41.5 Å². The summed E-state index contributed by atoms with van der Waals surface area (Å²) in [5.41, 5.74) is 0.982. The first-order valence-electron chi connectivity index (χ1n) is 10.9. The van der Waals surface area contributed by atoms with Crippen molar-refractivity contribution in [2.24, 2.45) is 0 Å². The van der Waals surface area contributed by atoms with E-state index >= 15 is 0 Å². The first-order chi connectivity index (χ1) is 15.4. The number of Topliss-reactive ketones (excluding diaryl/α,β-unsaturated/α-hetero) is 1. The van der Waals surface area contributed by atoms with Crippen LogP contribution in [0.4, 0.5) is 0 Å². The minimum absolute atomic E-state index is 0.0193. The summed E-state index contributed by atoms with van der Waals surface area (Å²) < 4.78 is 11.0. The van der Waals surface area contributed by atoms with Gasteiger partial charge >= 0.3 is 0 Å². The highest BCUT2D eigenvalue weighted by Crippen LogP contribution is 2.41. The monoisotopic (exact) mass is 457 g/mol. The number of aliphatic hydroxyl groups excluding tert-OH is 1. The Labute approximate surface area is 193 Å². The molecule has 0 aromatic heterocycles. The Balaban J connectivity index is 2.15. The first-order valence-corrected chi connectivity index (χ1v) is 11.2. The smallest absolute Gasteiger partial charge is 0.295 e. The minimum atomic E-state index is -0.727. The molecular formula is C25H28ClNO5. The lowest BCUT2D eigenvalue weighted by Crippen LogP contribution is -2.30. The van der Waals surface area contributed by atoms with Crippen LogP contribution in [0.25, 0.3) is 5.76 Å². The topological polar surface area (TPSA) is 76.1 Å². The summed E-state index contributed by atoms with van der Waals surface area (Å²) >= 11 is 6.35. The number of unbranched alkanes of at least 4 members (excludes halogenated alkanes) is 1. The Hall–Kier alpha value is -2.99. The Morgan fingerprint density at radius 1 is 1.00 bits per heavy atom. The van der Waals surface area contributed by atoms with E-state index in [-0.39, 0.29) is 21.9 Å². The second kappa shape index (κ2) is 10.6. The molecule has 170 valence electrons. The number of carbonyl (C=O) groups is 2. The zero-order chi connectivity index (χ0) is 23.3. The lowest BCUT2D eigenvalue weighted by Gasteiger charge is -2.25. The van der Waals surface area contributed by atoms with Crippen LogP contribution in [0.3, 0.4) is 0 Å². The van der Waals surface area contributed by atoms with Crippen LogP contribution in [-0.2, 0) is 9.59 Å². The Kier molecular flexibility index (Phi) is 7.80. The fraction of sp³-hybridized carbons (Fsp3) is 0.360. The Morgan fingerprint density at radius 3 is 2.25 bits per heavy atom.